The zero-order chi connectivity index (χ0) is 14.0. The van der Waals surface area contributed by atoms with Crippen molar-refractivity contribution in [1.29, 1.82) is 0 Å². The summed E-state index contributed by atoms with van der Waals surface area (Å²) in [4.78, 5) is 4.10. The average Bonchev–Trinajstić information content (AvgIpc) is 2.49. The zero-order valence-corrected chi connectivity index (χ0v) is 12.7. The van der Waals surface area contributed by atoms with Crippen LogP contribution in [0.15, 0.2) is 54.9 Å². The highest BCUT2D eigenvalue weighted by molar-refractivity contribution is 7.98. The predicted octanol–water partition coefficient (Wildman–Crippen LogP) is 3.30. The van der Waals surface area contributed by atoms with Gasteiger partial charge in [-0.15, -0.1) is 0 Å². The van der Waals surface area contributed by atoms with Gasteiger partial charge in [-0.1, -0.05) is 24.3 Å². The minimum atomic E-state index is 0.665. The minimum absolute atomic E-state index is 0.665. The largest absolute Gasteiger partial charge is 0.362 e. The number of rotatable bonds is 6. The monoisotopic (exact) mass is 303 g/mol. The third-order valence-corrected chi connectivity index (χ3v) is 3.83. The molecule has 0 atom stereocenters. The van der Waals surface area contributed by atoms with Crippen molar-refractivity contribution < 1.29 is 0 Å². The van der Waals surface area contributed by atoms with Crippen LogP contribution >= 0.6 is 24.0 Å². The molecule has 0 amide bonds. The summed E-state index contributed by atoms with van der Waals surface area (Å²) in [6.07, 6.45) is 3.70. The number of nitrogens with zero attached hydrogens (tertiary/aromatic N) is 1. The number of nitrogens with one attached hydrogen (secondary N) is 2. The summed E-state index contributed by atoms with van der Waals surface area (Å²) >= 11 is 7.10. The first-order valence-corrected chi connectivity index (χ1v) is 7.97. The Morgan fingerprint density at radius 3 is 2.75 bits per heavy atom. The second kappa shape index (κ2) is 8.55. The van der Waals surface area contributed by atoms with Crippen molar-refractivity contribution in [3.8, 4) is 0 Å². The molecule has 2 N–H and O–H groups in total. The van der Waals surface area contributed by atoms with Gasteiger partial charge in [0.1, 0.15) is 0 Å². The van der Waals surface area contributed by atoms with E-state index in [2.05, 4.69) is 21.7 Å². The van der Waals surface area contributed by atoms with Gasteiger partial charge in [0.2, 0.25) is 0 Å². The Kier molecular flexibility index (Phi) is 6.34. The summed E-state index contributed by atoms with van der Waals surface area (Å²) in [5, 5.41) is 7.02. The van der Waals surface area contributed by atoms with E-state index in [1.54, 1.807) is 6.20 Å². The lowest BCUT2D eigenvalue weighted by atomic mass is 10.3. The Bertz CT molecular complexity index is 517. The lowest BCUT2D eigenvalue weighted by Gasteiger charge is -2.10. The maximum absolute atomic E-state index is 5.24. The van der Waals surface area contributed by atoms with E-state index in [1.165, 1.54) is 5.56 Å². The molecule has 3 nitrogen and oxygen atoms in total. The van der Waals surface area contributed by atoms with Crippen molar-refractivity contribution in [2.45, 2.75) is 5.75 Å². The van der Waals surface area contributed by atoms with Crippen molar-refractivity contribution in [2.75, 3.05) is 17.6 Å². The van der Waals surface area contributed by atoms with Gasteiger partial charge in [0.05, 0.1) is 0 Å². The van der Waals surface area contributed by atoms with Crippen molar-refractivity contribution in [3.63, 3.8) is 0 Å². The van der Waals surface area contributed by atoms with Crippen LogP contribution in [-0.4, -0.2) is 22.4 Å². The van der Waals surface area contributed by atoms with Crippen LogP contribution < -0.4 is 10.6 Å². The second-order valence-corrected chi connectivity index (χ2v) is 5.67. The van der Waals surface area contributed by atoms with Gasteiger partial charge in [-0.3, -0.25) is 4.98 Å². The molecule has 0 spiro atoms. The van der Waals surface area contributed by atoms with E-state index >= 15 is 0 Å². The number of thiocarbonyl (C=S) groups is 1. The van der Waals surface area contributed by atoms with Crippen LogP contribution in [0, 0.1) is 0 Å². The number of hydrogen-bond acceptors (Lipinski definition) is 3. The third kappa shape index (κ3) is 5.59. The van der Waals surface area contributed by atoms with Gasteiger partial charge >= 0.3 is 0 Å². The van der Waals surface area contributed by atoms with Crippen molar-refractivity contribution in [2.24, 2.45) is 0 Å². The normalized spacial score (nSPS) is 10.0. The molecule has 0 aliphatic heterocycles. The molecule has 0 unspecified atom stereocenters. The van der Waals surface area contributed by atoms with Crippen LogP contribution in [-0.2, 0) is 5.75 Å². The van der Waals surface area contributed by atoms with E-state index in [0.29, 0.717) is 5.11 Å². The number of thioether (sulfide) groups is 1. The maximum Gasteiger partial charge on any atom is 0.170 e. The summed E-state index contributed by atoms with van der Waals surface area (Å²) in [6.45, 7) is 0.851. The van der Waals surface area contributed by atoms with Crippen molar-refractivity contribution in [1.82, 2.24) is 10.3 Å². The fraction of sp³-hybridized carbons (Fsp3) is 0.200. The first-order valence-electron chi connectivity index (χ1n) is 6.41. The molecule has 1 aromatic carbocycles. The Hall–Kier alpha value is -1.59. The van der Waals surface area contributed by atoms with E-state index in [-0.39, 0.29) is 0 Å². The van der Waals surface area contributed by atoms with Gasteiger partial charge in [-0.25, -0.2) is 0 Å². The molecule has 0 aliphatic carbocycles. The van der Waals surface area contributed by atoms with Gasteiger partial charge in [-0.05, 0) is 36.0 Å². The summed E-state index contributed by atoms with van der Waals surface area (Å²) < 4.78 is 0. The summed E-state index contributed by atoms with van der Waals surface area (Å²) in [5.41, 5.74) is 2.26. The fourth-order valence-electron chi connectivity index (χ4n) is 1.61. The predicted molar refractivity (Wildman–Crippen MR) is 91.1 cm³/mol. The first-order chi connectivity index (χ1) is 9.84. The van der Waals surface area contributed by atoms with Crippen LogP contribution in [0.5, 0.6) is 0 Å². The van der Waals surface area contributed by atoms with Crippen LogP contribution in [0.1, 0.15) is 5.56 Å². The molecular formula is C15H17N3S2. The lowest BCUT2D eigenvalue weighted by molar-refractivity contribution is 0.989. The standard InChI is InChI=1S/C15H17N3S2/c19-15(18-14-6-2-1-3-7-14)17-9-10-20-12-13-5-4-8-16-11-13/h1-8,11H,9-10,12H2,(H2,17,18,19). The number of para-hydroxylation sites is 1. The van der Waals surface area contributed by atoms with Crippen LogP contribution in [0.2, 0.25) is 0 Å². The van der Waals surface area contributed by atoms with E-state index < -0.39 is 0 Å². The Labute approximate surface area is 129 Å². The van der Waals surface area contributed by atoms with Crippen LogP contribution in [0.4, 0.5) is 5.69 Å². The number of aromatic nitrogens is 1. The Balaban J connectivity index is 1.58. The molecule has 2 rings (SSSR count). The number of pyridine rings is 1. The molecule has 0 bridgehead atoms. The quantitative estimate of drug-likeness (QED) is 0.632. The van der Waals surface area contributed by atoms with Crippen molar-refractivity contribution in [3.05, 3.63) is 60.4 Å². The summed E-state index contributed by atoms with van der Waals surface area (Å²) in [7, 11) is 0. The topological polar surface area (TPSA) is 37.0 Å². The molecule has 0 saturated heterocycles. The molecular weight excluding hydrogens is 286 g/mol. The number of benzene rings is 1. The van der Waals surface area contributed by atoms with E-state index in [4.69, 9.17) is 12.2 Å². The van der Waals surface area contributed by atoms with Crippen molar-refractivity contribution >= 4 is 34.8 Å². The molecule has 0 fully saturated rings. The minimum Gasteiger partial charge on any atom is -0.362 e. The third-order valence-electron chi connectivity index (χ3n) is 2.56. The SMILES string of the molecule is S=C(NCCSCc1cccnc1)Nc1ccccc1. The first kappa shape index (κ1) is 14.8. The molecule has 0 saturated carbocycles. The fourth-order valence-corrected chi connectivity index (χ4v) is 2.62. The number of anilines is 1. The van der Waals surface area contributed by atoms with Gasteiger partial charge in [0.25, 0.3) is 0 Å². The highest BCUT2D eigenvalue weighted by atomic mass is 32.2. The highest BCUT2D eigenvalue weighted by Gasteiger charge is 1.97. The van der Waals surface area contributed by atoms with E-state index in [1.807, 2.05) is 54.4 Å². The lowest BCUT2D eigenvalue weighted by Crippen LogP contribution is -2.30. The number of hydrogen-bond donors (Lipinski definition) is 2. The summed E-state index contributed by atoms with van der Waals surface area (Å²) in [5.74, 6) is 1.99. The van der Waals surface area contributed by atoms with Gasteiger partial charge < -0.3 is 10.6 Å². The van der Waals surface area contributed by atoms with Gasteiger partial charge in [0, 0.05) is 36.1 Å². The van der Waals surface area contributed by atoms with Gasteiger partial charge in [0.15, 0.2) is 5.11 Å². The van der Waals surface area contributed by atoms with E-state index in [0.717, 1.165) is 23.7 Å². The average molecular weight is 303 g/mol. The smallest absolute Gasteiger partial charge is 0.170 e. The highest BCUT2D eigenvalue weighted by Crippen LogP contribution is 2.09. The zero-order valence-electron chi connectivity index (χ0n) is 11.1. The van der Waals surface area contributed by atoms with Crippen LogP contribution in [0.25, 0.3) is 0 Å². The maximum atomic E-state index is 5.24. The van der Waals surface area contributed by atoms with E-state index in [9.17, 15) is 0 Å². The molecule has 20 heavy (non-hydrogen) atoms. The molecule has 0 radical (unpaired) electrons. The van der Waals surface area contributed by atoms with Crippen LogP contribution in [0.3, 0.4) is 0 Å². The molecule has 0 aliphatic rings. The summed E-state index contributed by atoms with van der Waals surface area (Å²) in [6, 6.07) is 14.0. The van der Waals surface area contributed by atoms with Gasteiger partial charge in [-0.2, -0.15) is 11.8 Å². The molecule has 104 valence electrons. The second-order valence-electron chi connectivity index (χ2n) is 4.16. The Morgan fingerprint density at radius 1 is 1.15 bits per heavy atom. The molecule has 2 aromatic rings. The Morgan fingerprint density at radius 2 is 2.00 bits per heavy atom. The molecule has 1 aromatic heterocycles. The molecule has 1 heterocycles. The molecule has 5 heteroatoms.